The van der Waals surface area contributed by atoms with E-state index in [2.05, 4.69) is 11.4 Å². The van der Waals surface area contributed by atoms with E-state index in [1.54, 1.807) is 6.08 Å². The molecule has 0 radical (unpaired) electrons. The van der Waals surface area contributed by atoms with Crippen LogP contribution in [0.5, 0.6) is 5.75 Å². The van der Waals surface area contributed by atoms with E-state index in [9.17, 15) is 4.79 Å². The van der Waals surface area contributed by atoms with E-state index in [0.29, 0.717) is 6.61 Å². The quantitative estimate of drug-likeness (QED) is 0.504. The Morgan fingerprint density at radius 3 is 2.77 bits per heavy atom. The third-order valence-corrected chi connectivity index (χ3v) is 5.78. The van der Waals surface area contributed by atoms with Crippen molar-refractivity contribution in [1.29, 1.82) is 0 Å². The Morgan fingerprint density at radius 2 is 1.97 bits per heavy atom. The van der Waals surface area contributed by atoms with Crippen molar-refractivity contribution in [2.75, 3.05) is 11.9 Å². The first kappa shape index (κ1) is 20.3. The number of anilines is 1. The molecule has 1 aliphatic carbocycles. The van der Waals surface area contributed by atoms with Gasteiger partial charge in [-0.25, -0.2) is 0 Å². The zero-order chi connectivity index (χ0) is 21.3. The molecule has 0 spiro atoms. The molecule has 0 aliphatic heterocycles. The zero-order valence-electron chi connectivity index (χ0n) is 18.2. The summed E-state index contributed by atoms with van der Waals surface area (Å²) >= 11 is 0. The molecule has 0 atom stereocenters. The minimum absolute atomic E-state index is 0.141. The molecule has 0 bridgehead atoms. The van der Waals surface area contributed by atoms with Crippen LogP contribution in [-0.4, -0.2) is 12.5 Å². The van der Waals surface area contributed by atoms with E-state index in [4.69, 9.17) is 9.15 Å². The third kappa shape index (κ3) is 4.00. The molecule has 4 heteroatoms. The Hall–Kier alpha value is -3.01. The molecule has 0 unspecified atom stereocenters. The molecule has 1 aliphatic rings. The van der Waals surface area contributed by atoms with Crippen molar-refractivity contribution >= 4 is 28.1 Å². The summed E-state index contributed by atoms with van der Waals surface area (Å²) in [6, 6.07) is 10.2. The zero-order valence-corrected chi connectivity index (χ0v) is 18.2. The third-order valence-electron chi connectivity index (χ3n) is 5.78. The second kappa shape index (κ2) is 8.39. The summed E-state index contributed by atoms with van der Waals surface area (Å²) in [5, 5.41) is 4.15. The van der Waals surface area contributed by atoms with Crippen LogP contribution in [0.4, 0.5) is 5.69 Å². The van der Waals surface area contributed by atoms with Crippen molar-refractivity contribution in [3.8, 4) is 5.75 Å². The summed E-state index contributed by atoms with van der Waals surface area (Å²) in [5.41, 5.74) is 7.00. The minimum Gasteiger partial charge on any atom is -0.493 e. The number of fused-ring (bicyclic) bond motifs is 3. The molecule has 0 saturated heterocycles. The van der Waals surface area contributed by atoms with Crippen LogP contribution in [0.15, 0.2) is 40.8 Å². The van der Waals surface area contributed by atoms with Gasteiger partial charge in [-0.1, -0.05) is 12.1 Å². The predicted molar refractivity (Wildman–Crippen MR) is 122 cm³/mol. The van der Waals surface area contributed by atoms with Gasteiger partial charge in [0.05, 0.1) is 6.61 Å². The number of carbonyl (C=O) groups excluding carboxylic acids is 1. The van der Waals surface area contributed by atoms with Crippen molar-refractivity contribution in [2.45, 2.75) is 53.4 Å². The number of carbonyl (C=O) groups is 1. The number of aryl methyl sites for hydroxylation is 4. The first-order valence-corrected chi connectivity index (χ1v) is 10.7. The maximum Gasteiger partial charge on any atom is 0.248 e. The molecule has 1 aromatic heterocycles. The molecule has 1 amide bonds. The first-order chi connectivity index (χ1) is 14.5. The molecule has 156 valence electrons. The number of nitrogens with one attached hydrogen (secondary N) is 1. The molecular weight excluding hydrogens is 374 g/mol. The number of hydrogen-bond donors (Lipinski definition) is 1. The highest BCUT2D eigenvalue weighted by atomic mass is 16.5. The Balaban J connectivity index is 1.70. The summed E-state index contributed by atoms with van der Waals surface area (Å²) in [6.07, 6.45) is 6.06. The van der Waals surface area contributed by atoms with Gasteiger partial charge in [-0.2, -0.15) is 0 Å². The molecular formula is C26H29NO3. The highest BCUT2D eigenvalue weighted by Crippen LogP contribution is 2.38. The van der Waals surface area contributed by atoms with Gasteiger partial charge in [0.2, 0.25) is 5.91 Å². The van der Waals surface area contributed by atoms with E-state index in [1.165, 1.54) is 18.4 Å². The monoisotopic (exact) mass is 403 g/mol. The highest BCUT2D eigenvalue weighted by molar-refractivity contribution is 6.05. The average molecular weight is 404 g/mol. The number of ether oxygens (including phenoxy) is 1. The number of rotatable bonds is 5. The van der Waals surface area contributed by atoms with Crippen LogP contribution in [0.1, 0.15) is 54.7 Å². The topological polar surface area (TPSA) is 51.5 Å². The summed E-state index contributed by atoms with van der Waals surface area (Å²) in [5.74, 6) is 1.72. The van der Waals surface area contributed by atoms with Crippen molar-refractivity contribution in [1.82, 2.24) is 0 Å². The molecule has 0 fully saturated rings. The molecule has 4 rings (SSSR count). The number of allylic oxidation sites excluding steroid dienone is 1. The van der Waals surface area contributed by atoms with Crippen molar-refractivity contribution in [3.63, 3.8) is 0 Å². The standard InChI is InChI=1S/C26H29NO3/c1-5-29-24-15-25-21(19-8-6-7-9-23(19)30-25)14-20(24)18(4)13-26(28)27-22-12-16(2)10-11-17(22)3/h10-15H,5-9H2,1-4H3,(H,27,28)/b18-13+. The average Bonchev–Trinajstić information content (AvgIpc) is 3.07. The second-order valence-electron chi connectivity index (χ2n) is 8.12. The molecule has 30 heavy (non-hydrogen) atoms. The number of furan rings is 1. The van der Waals surface area contributed by atoms with Crippen LogP contribution in [-0.2, 0) is 17.6 Å². The van der Waals surface area contributed by atoms with Crippen LogP contribution >= 0.6 is 0 Å². The normalized spacial score (nSPS) is 13.9. The first-order valence-electron chi connectivity index (χ1n) is 10.7. The van der Waals surface area contributed by atoms with Gasteiger partial charge in [-0.3, -0.25) is 4.79 Å². The fourth-order valence-corrected chi connectivity index (χ4v) is 4.19. The van der Waals surface area contributed by atoms with Gasteiger partial charge in [0.25, 0.3) is 0 Å². The Bertz CT molecular complexity index is 1140. The number of hydrogen-bond acceptors (Lipinski definition) is 3. The van der Waals surface area contributed by atoms with Crippen molar-refractivity contribution < 1.29 is 13.9 Å². The van der Waals surface area contributed by atoms with E-state index >= 15 is 0 Å². The maximum absolute atomic E-state index is 12.7. The lowest BCUT2D eigenvalue weighted by molar-refractivity contribution is -0.111. The summed E-state index contributed by atoms with van der Waals surface area (Å²) in [6.45, 7) is 8.49. The predicted octanol–water partition coefficient (Wildman–Crippen LogP) is 6.37. The smallest absolute Gasteiger partial charge is 0.248 e. The van der Waals surface area contributed by atoms with Crippen LogP contribution in [0.3, 0.4) is 0 Å². The molecule has 0 saturated carbocycles. The second-order valence-corrected chi connectivity index (χ2v) is 8.12. The fraction of sp³-hybridized carbons (Fsp3) is 0.346. The van der Waals surface area contributed by atoms with Gasteiger partial charge in [-0.05, 0) is 75.8 Å². The van der Waals surface area contributed by atoms with Crippen LogP contribution in [0.2, 0.25) is 0 Å². The van der Waals surface area contributed by atoms with Gasteiger partial charge < -0.3 is 14.5 Å². The number of benzene rings is 2. The minimum atomic E-state index is -0.141. The molecule has 4 nitrogen and oxygen atoms in total. The number of amides is 1. The Labute approximate surface area is 177 Å². The molecule has 3 aromatic rings. The highest BCUT2D eigenvalue weighted by Gasteiger charge is 2.20. The molecule has 1 heterocycles. The van der Waals surface area contributed by atoms with Crippen LogP contribution < -0.4 is 10.1 Å². The van der Waals surface area contributed by atoms with Crippen LogP contribution in [0.25, 0.3) is 16.5 Å². The van der Waals surface area contributed by atoms with Crippen LogP contribution in [0, 0.1) is 13.8 Å². The molecule has 2 aromatic carbocycles. The summed E-state index contributed by atoms with van der Waals surface area (Å²) < 4.78 is 12.0. The van der Waals surface area contributed by atoms with E-state index in [0.717, 1.165) is 63.3 Å². The maximum atomic E-state index is 12.7. The molecule has 1 N–H and O–H groups in total. The lowest BCUT2D eigenvalue weighted by Crippen LogP contribution is -2.10. The van der Waals surface area contributed by atoms with Gasteiger partial charge in [0.15, 0.2) is 0 Å². The van der Waals surface area contributed by atoms with E-state index in [-0.39, 0.29) is 5.91 Å². The summed E-state index contributed by atoms with van der Waals surface area (Å²) in [4.78, 5) is 12.7. The van der Waals surface area contributed by atoms with Crippen molar-refractivity contribution in [3.05, 3.63) is 64.4 Å². The lowest BCUT2D eigenvalue weighted by Gasteiger charge is -2.13. The lowest BCUT2D eigenvalue weighted by atomic mass is 9.94. The van der Waals surface area contributed by atoms with Gasteiger partial charge in [-0.15, -0.1) is 0 Å². The van der Waals surface area contributed by atoms with E-state index < -0.39 is 0 Å². The fourth-order valence-electron chi connectivity index (χ4n) is 4.19. The Morgan fingerprint density at radius 1 is 1.17 bits per heavy atom. The van der Waals surface area contributed by atoms with Gasteiger partial charge in [0.1, 0.15) is 17.1 Å². The SMILES string of the molecule is CCOc1cc2oc3c(c2cc1/C(C)=C/C(=O)Nc1cc(C)ccc1C)CCCC3. The summed E-state index contributed by atoms with van der Waals surface area (Å²) in [7, 11) is 0. The Kier molecular flexibility index (Phi) is 5.67. The van der Waals surface area contributed by atoms with Gasteiger partial charge >= 0.3 is 0 Å². The van der Waals surface area contributed by atoms with Crippen molar-refractivity contribution in [2.24, 2.45) is 0 Å². The van der Waals surface area contributed by atoms with Gasteiger partial charge in [0, 0.05) is 40.8 Å². The van der Waals surface area contributed by atoms with E-state index in [1.807, 2.05) is 52.0 Å². The largest absolute Gasteiger partial charge is 0.493 e.